The van der Waals surface area contributed by atoms with Crippen molar-refractivity contribution in [2.45, 2.75) is 19.8 Å². The second kappa shape index (κ2) is 8.23. The van der Waals surface area contributed by atoms with Gasteiger partial charge in [-0.25, -0.2) is 0 Å². The molecule has 4 heteroatoms. The van der Waals surface area contributed by atoms with Crippen molar-refractivity contribution in [2.75, 3.05) is 5.32 Å². The highest BCUT2D eigenvalue weighted by Gasteiger charge is 2.39. The Kier molecular flexibility index (Phi) is 5.13. The maximum Gasteiger partial charge on any atom is 0.227 e. The van der Waals surface area contributed by atoms with Gasteiger partial charge >= 0.3 is 0 Å². The summed E-state index contributed by atoms with van der Waals surface area (Å²) in [6.45, 7) is 2.12. The minimum Gasteiger partial charge on any atom is -0.326 e. The number of aromatic amines is 1. The predicted octanol–water partition coefficient (Wildman–Crippen LogP) is 5.92. The number of amides is 1. The summed E-state index contributed by atoms with van der Waals surface area (Å²) in [5.41, 5.74) is 6.36. The second-order valence-electron chi connectivity index (χ2n) is 8.42. The number of benzene rings is 3. The van der Waals surface area contributed by atoms with E-state index < -0.39 is 0 Å². The van der Waals surface area contributed by atoms with Gasteiger partial charge in [0, 0.05) is 17.0 Å². The fourth-order valence-electron chi connectivity index (χ4n) is 3.98. The highest BCUT2D eigenvalue weighted by atomic mass is 16.2. The van der Waals surface area contributed by atoms with E-state index in [4.69, 9.17) is 0 Å². The van der Waals surface area contributed by atoms with Gasteiger partial charge in [0.1, 0.15) is 0 Å². The molecule has 1 saturated carbocycles. The third-order valence-electron chi connectivity index (χ3n) is 5.94. The van der Waals surface area contributed by atoms with E-state index >= 15 is 0 Å². The van der Waals surface area contributed by atoms with Gasteiger partial charge in [-0.2, -0.15) is 5.10 Å². The van der Waals surface area contributed by atoms with E-state index in [1.807, 2.05) is 36.4 Å². The second-order valence-corrected chi connectivity index (χ2v) is 8.42. The Balaban J connectivity index is 1.30. The Labute approximate surface area is 182 Å². The zero-order chi connectivity index (χ0) is 21.2. The summed E-state index contributed by atoms with van der Waals surface area (Å²) in [4.78, 5) is 12.2. The lowest BCUT2D eigenvalue weighted by Gasteiger charge is -2.08. The van der Waals surface area contributed by atoms with Gasteiger partial charge in [0.15, 0.2) is 0 Å². The average molecular weight is 408 g/mol. The van der Waals surface area contributed by atoms with Crippen LogP contribution in [-0.2, 0) is 11.2 Å². The van der Waals surface area contributed by atoms with Crippen molar-refractivity contribution in [3.63, 3.8) is 0 Å². The zero-order valence-electron chi connectivity index (χ0n) is 17.5. The number of fused-ring (bicyclic) bond motifs is 1. The van der Waals surface area contributed by atoms with Gasteiger partial charge in [0.25, 0.3) is 0 Å². The Bertz CT molecular complexity index is 1260. The highest BCUT2D eigenvalue weighted by Crippen LogP contribution is 2.38. The summed E-state index contributed by atoms with van der Waals surface area (Å²) in [6.07, 6.45) is 5.92. The molecule has 0 spiro atoms. The van der Waals surface area contributed by atoms with E-state index in [1.165, 1.54) is 11.1 Å². The number of rotatable bonds is 6. The first-order chi connectivity index (χ1) is 15.2. The molecule has 2 unspecified atom stereocenters. The molecule has 0 saturated heterocycles. The van der Waals surface area contributed by atoms with Gasteiger partial charge in [-0.15, -0.1) is 0 Å². The Morgan fingerprint density at radius 2 is 1.84 bits per heavy atom. The molecule has 1 aliphatic carbocycles. The molecule has 1 amide bonds. The van der Waals surface area contributed by atoms with Crippen LogP contribution in [-0.4, -0.2) is 16.1 Å². The number of carbonyl (C=O) groups excluding carboxylic acids is 1. The van der Waals surface area contributed by atoms with Crippen LogP contribution in [0.15, 0.2) is 72.8 Å². The molecule has 2 atom stereocenters. The normalized spacial score (nSPS) is 17.8. The molecular weight excluding hydrogens is 382 g/mol. The largest absolute Gasteiger partial charge is 0.326 e. The fraction of sp³-hybridized carbons (Fsp3) is 0.185. The van der Waals surface area contributed by atoms with E-state index in [9.17, 15) is 4.79 Å². The third-order valence-corrected chi connectivity index (χ3v) is 5.94. The highest BCUT2D eigenvalue weighted by molar-refractivity contribution is 5.94. The Hall–Kier alpha value is -3.66. The molecule has 1 heterocycles. The van der Waals surface area contributed by atoms with E-state index in [1.54, 1.807) is 0 Å². The van der Waals surface area contributed by atoms with E-state index in [0.717, 1.165) is 40.7 Å². The number of nitrogens with one attached hydrogen (secondary N) is 2. The van der Waals surface area contributed by atoms with Gasteiger partial charge < -0.3 is 5.32 Å². The number of nitrogens with zero attached hydrogens (tertiary/aromatic N) is 1. The maximum absolute atomic E-state index is 12.2. The lowest BCUT2D eigenvalue weighted by atomic mass is 10.0. The summed E-state index contributed by atoms with van der Waals surface area (Å²) < 4.78 is 0. The smallest absolute Gasteiger partial charge is 0.227 e. The molecular formula is C27H25N3O. The van der Waals surface area contributed by atoms with Crippen LogP contribution in [0.4, 0.5) is 5.69 Å². The van der Waals surface area contributed by atoms with Gasteiger partial charge in [0.2, 0.25) is 5.91 Å². The van der Waals surface area contributed by atoms with Crippen LogP contribution in [0.5, 0.6) is 0 Å². The third kappa shape index (κ3) is 4.43. The van der Waals surface area contributed by atoms with Crippen LogP contribution < -0.4 is 5.32 Å². The van der Waals surface area contributed by atoms with Gasteiger partial charge in [-0.3, -0.25) is 9.89 Å². The summed E-state index contributed by atoms with van der Waals surface area (Å²) in [5.74, 6) is 0.827. The van der Waals surface area contributed by atoms with Crippen LogP contribution >= 0.6 is 0 Å². The van der Waals surface area contributed by atoms with Crippen molar-refractivity contribution in [3.8, 4) is 0 Å². The first-order valence-electron chi connectivity index (χ1n) is 10.8. The number of hydrogen-bond donors (Lipinski definition) is 2. The van der Waals surface area contributed by atoms with Gasteiger partial charge in [-0.1, -0.05) is 67.6 Å². The van der Waals surface area contributed by atoms with Crippen LogP contribution in [0.25, 0.3) is 23.1 Å². The number of anilines is 1. The Morgan fingerprint density at radius 3 is 2.65 bits per heavy atom. The SMILES string of the molecule is CC1CC1C(=O)Nc1cccc(Cc2ccc3c(/C=C/c4ccccc4)n[nH]c3c2)c1. The first-order valence-corrected chi connectivity index (χ1v) is 10.8. The molecule has 0 bridgehead atoms. The van der Waals surface area contributed by atoms with Gasteiger partial charge in [-0.05, 0) is 59.7 Å². The summed E-state index contributed by atoms with van der Waals surface area (Å²) in [5, 5.41) is 11.8. The standard InChI is InChI=1S/C27H25N3O/c1-18-14-24(18)27(31)28-22-9-5-8-20(16-22)15-21-10-12-23-25(29-30-26(23)17-21)13-11-19-6-3-2-4-7-19/h2-13,16-18,24H,14-15H2,1H3,(H,28,31)(H,29,30)/b13-11+. The zero-order valence-corrected chi connectivity index (χ0v) is 17.5. The lowest BCUT2D eigenvalue weighted by Crippen LogP contribution is -2.14. The van der Waals surface area contributed by atoms with Crippen molar-refractivity contribution in [3.05, 3.63) is 95.2 Å². The van der Waals surface area contributed by atoms with Crippen LogP contribution in [0.3, 0.4) is 0 Å². The number of carbonyl (C=O) groups is 1. The quantitative estimate of drug-likeness (QED) is 0.417. The minimum absolute atomic E-state index is 0.139. The molecule has 0 radical (unpaired) electrons. The minimum atomic E-state index is 0.139. The van der Waals surface area contributed by atoms with Crippen LogP contribution in [0.1, 0.15) is 35.7 Å². The molecule has 154 valence electrons. The molecule has 1 aromatic heterocycles. The van der Waals surface area contributed by atoms with Gasteiger partial charge in [0.05, 0.1) is 11.2 Å². The Morgan fingerprint density at radius 1 is 1.03 bits per heavy atom. The molecule has 0 aliphatic heterocycles. The molecule has 4 aromatic rings. The van der Waals surface area contributed by atoms with Crippen molar-refractivity contribution < 1.29 is 4.79 Å². The maximum atomic E-state index is 12.2. The molecule has 1 aliphatic rings. The summed E-state index contributed by atoms with van der Waals surface area (Å²) in [6, 6.07) is 24.8. The molecule has 31 heavy (non-hydrogen) atoms. The molecule has 1 fully saturated rings. The van der Waals surface area contributed by atoms with E-state index in [0.29, 0.717) is 5.92 Å². The van der Waals surface area contributed by atoms with E-state index in [2.05, 4.69) is 71.0 Å². The van der Waals surface area contributed by atoms with Crippen molar-refractivity contribution >= 4 is 34.6 Å². The topological polar surface area (TPSA) is 57.8 Å². The fourth-order valence-corrected chi connectivity index (χ4v) is 3.98. The van der Waals surface area contributed by atoms with Crippen molar-refractivity contribution in [1.82, 2.24) is 10.2 Å². The van der Waals surface area contributed by atoms with E-state index in [-0.39, 0.29) is 11.8 Å². The predicted molar refractivity (Wildman–Crippen MR) is 127 cm³/mol. The van der Waals surface area contributed by atoms with Crippen LogP contribution in [0, 0.1) is 11.8 Å². The number of H-pyrrole nitrogens is 1. The monoisotopic (exact) mass is 407 g/mol. The molecule has 4 nitrogen and oxygen atoms in total. The van der Waals surface area contributed by atoms with Crippen LogP contribution in [0.2, 0.25) is 0 Å². The number of hydrogen-bond acceptors (Lipinski definition) is 2. The lowest BCUT2D eigenvalue weighted by molar-refractivity contribution is -0.117. The summed E-state index contributed by atoms with van der Waals surface area (Å²) in [7, 11) is 0. The first kappa shape index (κ1) is 19.3. The van der Waals surface area contributed by atoms with Crippen molar-refractivity contribution in [1.29, 1.82) is 0 Å². The van der Waals surface area contributed by atoms with Crippen molar-refractivity contribution in [2.24, 2.45) is 11.8 Å². The summed E-state index contributed by atoms with van der Waals surface area (Å²) >= 11 is 0. The molecule has 3 aromatic carbocycles. The average Bonchev–Trinajstić information content (AvgIpc) is 3.39. The molecule has 2 N–H and O–H groups in total. The molecule has 5 rings (SSSR count). The number of aromatic nitrogens is 2.